The Bertz CT molecular complexity index is 601. The zero-order valence-corrected chi connectivity index (χ0v) is 14.0. The second kappa shape index (κ2) is 7.69. The highest BCUT2D eigenvalue weighted by Gasteiger charge is 2.24. The third kappa shape index (κ3) is 4.92. The number of anilines is 1. The molecule has 2 aromatic rings. The summed E-state index contributed by atoms with van der Waals surface area (Å²) in [5, 5.41) is 3.05. The minimum absolute atomic E-state index is 0.400. The monoisotopic (exact) mass is 321 g/mol. The van der Waals surface area contributed by atoms with Gasteiger partial charge in [0.1, 0.15) is 0 Å². The molecule has 2 rings (SSSR count). The summed E-state index contributed by atoms with van der Waals surface area (Å²) in [6, 6.07) is 17.6. The maximum absolute atomic E-state index is 12.9. The van der Waals surface area contributed by atoms with Crippen LogP contribution in [0.15, 0.2) is 59.5 Å². The van der Waals surface area contributed by atoms with E-state index < -0.39 is 6.72 Å². The molecule has 0 radical (unpaired) electrons. The average Bonchev–Trinajstić information content (AvgIpc) is 2.49. The molecule has 21 heavy (non-hydrogen) atoms. The summed E-state index contributed by atoms with van der Waals surface area (Å²) in [7, 11) is 0. The first kappa shape index (κ1) is 16.2. The molecule has 0 aliphatic carbocycles. The van der Waals surface area contributed by atoms with Gasteiger partial charge in [0.25, 0.3) is 0 Å². The van der Waals surface area contributed by atoms with Crippen molar-refractivity contribution in [3.05, 3.63) is 60.2 Å². The van der Waals surface area contributed by atoms with Crippen LogP contribution < -0.4 is 5.09 Å². The highest BCUT2D eigenvalue weighted by Crippen LogP contribution is 2.61. The van der Waals surface area contributed by atoms with Crippen molar-refractivity contribution in [3.8, 4) is 0 Å². The van der Waals surface area contributed by atoms with Gasteiger partial charge in [-0.25, -0.2) is 0 Å². The first-order chi connectivity index (χ1) is 10.1. The molecule has 1 atom stereocenters. The van der Waals surface area contributed by atoms with Gasteiger partial charge < -0.3 is 9.61 Å². The van der Waals surface area contributed by atoms with Crippen molar-refractivity contribution in [1.29, 1.82) is 0 Å². The predicted molar refractivity (Wildman–Crippen MR) is 91.0 cm³/mol. The first-order valence-electron chi connectivity index (χ1n) is 7.01. The summed E-state index contributed by atoms with van der Waals surface area (Å²) in [4.78, 5) is 0.923. The normalized spacial score (nSPS) is 13.6. The number of nitrogens with one attached hydrogen (secondary N) is 1. The van der Waals surface area contributed by atoms with Gasteiger partial charge in [0.2, 0.25) is 0 Å². The molecule has 112 valence electrons. The standard InChI is InChI=1S/C16H20NO2PS/c1-3-14-10-12-15(13-11-14)17-20(18,19-4-2)21-16-8-6-5-7-9-16/h5-13H,3-4H2,1-2H3,(H,17,18). The van der Waals surface area contributed by atoms with Crippen LogP contribution in [0.1, 0.15) is 19.4 Å². The fraction of sp³-hybridized carbons (Fsp3) is 0.250. The molecule has 0 fully saturated rings. The molecule has 0 saturated carbocycles. The second-order valence-electron chi connectivity index (χ2n) is 4.48. The molecule has 0 aliphatic heterocycles. The summed E-state index contributed by atoms with van der Waals surface area (Å²) in [5.41, 5.74) is 2.06. The summed E-state index contributed by atoms with van der Waals surface area (Å²) in [6.45, 7) is 1.34. The summed E-state index contributed by atoms with van der Waals surface area (Å²) >= 11 is 1.24. The Labute approximate surface area is 130 Å². The largest absolute Gasteiger partial charge is 0.355 e. The number of aryl methyl sites for hydroxylation is 1. The average molecular weight is 321 g/mol. The third-order valence-electron chi connectivity index (χ3n) is 2.90. The van der Waals surface area contributed by atoms with Crippen molar-refractivity contribution in [2.45, 2.75) is 25.2 Å². The van der Waals surface area contributed by atoms with Crippen LogP contribution in [-0.2, 0) is 15.5 Å². The maximum Gasteiger partial charge on any atom is 0.355 e. The lowest BCUT2D eigenvalue weighted by atomic mass is 10.2. The van der Waals surface area contributed by atoms with Crippen molar-refractivity contribution >= 4 is 23.8 Å². The highest BCUT2D eigenvalue weighted by molar-refractivity contribution is 8.57. The Kier molecular flexibility index (Phi) is 5.92. The minimum atomic E-state index is -3.02. The molecule has 0 saturated heterocycles. The van der Waals surface area contributed by atoms with Crippen LogP contribution in [0.2, 0.25) is 0 Å². The van der Waals surface area contributed by atoms with E-state index in [1.165, 1.54) is 16.9 Å². The van der Waals surface area contributed by atoms with Gasteiger partial charge in [0.05, 0.1) is 6.61 Å². The van der Waals surface area contributed by atoms with Gasteiger partial charge in [0, 0.05) is 10.6 Å². The molecule has 0 bridgehead atoms. The van der Waals surface area contributed by atoms with E-state index in [4.69, 9.17) is 4.52 Å². The molecule has 0 aliphatic rings. The molecule has 2 aromatic carbocycles. The quantitative estimate of drug-likeness (QED) is 0.674. The molecule has 0 amide bonds. The minimum Gasteiger partial charge on any atom is -0.307 e. The van der Waals surface area contributed by atoms with Crippen molar-refractivity contribution in [1.82, 2.24) is 0 Å². The molecular weight excluding hydrogens is 301 g/mol. The van der Waals surface area contributed by atoms with Crippen molar-refractivity contribution in [2.24, 2.45) is 0 Å². The van der Waals surface area contributed by atoms with Crippen LogP contribution in [0, 0.1) is 0 Å². The van der Waals surface area contributed by atoms with Crippen LogP contribution in [0.3, 0.4) is 0 Å². The van der Waals surface area contributed by atoms with E-state index in [9.17, 15) is 4.57 Å². The number of rotatable bonds is 7. The topological polar surface area (TPSA) is 38.3 Å². The summed E-state index contributed by atoms with van der Waals surface area (Å²) < 4.78 is 18.4. The lowest BCUT2D eigenvalue weighted by molar-refractivity contribution is 0.349. The fourth-order valence-electron chi connectivity index (χ4n) is 1.84. The molecule has 1 unspecified atom stereocenters. The van der Waals surface area contributed by atoms with Gasteiger partial charge in [-0.2, -0.15) is 0 Å². The molecule has 1 N–H and O–H groups in total. The van der Waals surface area contributed by atoms with E-state index in [2.05, 4.69) is 12.0 Å². The van der Waals surface area contributed by atoms with Gasteiger partial charge in [-0.3, -0.25) is 4.57 Å². The number of hydrogen-bond acceptors (Lipinski definition) is 3. The molecule has 0 aromatic heterocycles. The van der Waals surface area contributed by atoms with E-state index in [0.29, 0.717) is 6.61 Å². The van der Waals surface area contributed by atoms with Crippen molar-refractivity contribution in [2.75, 3.05) is 11.7 Å². The van der Waals surface area contributed by atoms with E-state index in [1.807, 2.05) is 61.5 Å². The first-order valence-corrected chi connectivity index (χ1v) is 10.1. The predicted octanol–water partition coefficient (Wildman–Crippen LogP) is 5.60. The Hall–Kier alpha value is -1.22. The zero-order chi connectivity index (χ0) is 15.1. The van der Waals surface area contributed by atoms with Crippen LogP contribution in [0.25, 0.3) is 0 Å². The summed E-state index contributed by atoms with van der Waals surface area (Å²) in [5.74, 6) is 0. The molecule has 3 nitrogen and oxygen atoms in total. The zero-order valence-electron chi connectivity index (χ0n) is 12.3. The SMILES string of the molecule is CCOP(=O)(Nc1ccc(CC)cc1)Sc1ccccc1. The smallest absolute Gasteiger partial charge is 0.307 e. The van der Waals surface area contributed by atoms with Gasteiger partial charge in [-0.1, -0.05) is 37.3 Å². The third-order valence-corrected chi connectivity index (χ3v) is 6.69. The van der Waals surface area contributed by atoms with Crippen molar-refractivity contribution < 1.29 is 9.09 Å². The fourth-order valence-corrected chi connectivity index (χ4v) is 5.49. The van der Waals surface area contributed by atoms with Gasteiger partial charge in [0.15, 0.2) is 0 Å². The molecule has 0 spiro atoms. The van der Waals surface area contributed by atoms with Crippen molar-refractivity contribution in [3.63, 3.8) is 0 Å². The summed E-state index contributed by atoms with van der Waals surface area (Å²) in [6.07, 6.45) is 0.988. The number of hydrogen-bond donors (Lipinski definition) is 1. The lowest BCUT2D eigenvalue weighted by Crippen LogP contribution is -1.98. The molecule has 5 heteroatoms. The van der Waals surface area contributed by atoms with E-state index in [1.54, 1.807) is 0 Å². The van der Waals surface area contributed by atoms with Crippen LogP contribution in [0.4, 0.5) is 5.69 Å². The molecular formula is C16H20NO2PS. The van der Waals surface area contributed by atoms with Crippen LogP contribution in [0.5, 0.6) is 0 Å². The van der Waals surface area contributed by atoms with Crippen LogP contribution >= 0.6 is 18.1 Å². The molecule has 0 heterocycles. The maximum atomic E-state index is 12.9. The number of benzene rings is 2. The van der Waals surface area contributed by atoms with Gasteiger partial charge in [-0.05, 0) is 54.6 Å². The second-order valence-corrected chi connectivity index (χ2v) is 8.60. The van der Waals surface area contributed by atoms with E-state index >= 15 is 0 Å². The Morgan fingerprint density at radius 1 is 1.05 bits per heavy atom. The lowest BCUT2D eigenvalue weighted by Gasteiger charge is -2.19. The van der Waals surface area contributed by atoms with E-state index in [0.717, 1.165) is 17.0 Å². The van der Waals surface area contributed by atoms with E-state index in [-0.39, 0.29) is 0 Å². The van der Waals surface area contributed by atoms with Crippen LogP contribution in [-0.4, -0.2) is 6.61 Å². The Balaban J connectivity index is 2.15. The van der Waals surface area contributed by atoms with Gasteiger partial charge >= 0.3 is 6.72 Å². The Morgan fingerprint density at radius 3 is 2.29 bits per heavy atom. The Morgan fingerprint density at radius 2 is 1.71 bits per heavy atom. The van der Waals surface area contributed by atoms with Gasteiger partial charge in [-0.15, -0.1) is 0 Å². The highest BCUT2D eigenvalue weighted by atomic mass is 32.7.